The van der Waals surface area contributed by atoms with Crippen LogP contribution >= 0.6 is 11.3 Å². The Labute approximate surface area is 144 Å². The molecule has 1 aliphatic heterocycles. The minimum Gasteiger partial charge on any atom is -0.378 e. The van der Waals surface area contributed by atoms with Gasteiger partial charge in [-0.2, -0.15) is 0 Å². The van der Waals surface area contributed by atoms with Crippen LogP contribution in [0.3, 0.4) is 0 Å². The van der Waals surface area contributed by atoms with Crippen molar-refractivity contribution < 1.29 is 14.3 Å². The molecule has 0 bridgehead atoms. The lowest BCUT2D eigenvalue weighted by Crippen LogP contribution is -2.27. The molecule has 1 aromatic heterocycles. The second-order valence-corrected chi connectivity index (χ2v) is 6.71. The fourth-order valence-electron chi connectivity index (χ4n) is 2.72. The number of benzene rings is 1. The van der Waals surface area contributed by atoms with Crippen LogP contribution in [-0.4, -0.2) is 31.0 Å². The predicted molar refractivity (Wildman–Crippen MR) is 92.3 cm³/mol. The largest absolute Gasteiger partial charge is 0.378 e. The second kappa shape index (κ2) is 6.70. The Balaban J connectivity index is 1.71. The highest BCUT2D eigenvalue weighted by molar-refractivity contribution is 7.09. The van der Waals surface area contributed by atoms with E-state index in [0.29, 0.717) is 18.7 Å². The molecule has 0 radical (unpaired) electrons. The number of anilines is 1. The van der Waals surface area contributed by atoms with Gasteiger partial charge in [0.15, 0.2) is 0 Å². The van der Waals surface area contributed by atoms with Crippen LogP contribution in [0, 0.1) is 0 Å². The summed E-state index contributed by atoms with van der Waals surface area (Å²) in [6.45, 7) is 2.32. The highest BCUT2D eigenvalue weighted by atomic mass is 32.1. The van der Waals surface area contributed by atoms with E-state index in [9.17, 15) is 9.59 Å². The Morgan fingerprint density at radius 3 is 3.04 bits per heavy atom. The number of amides is 2. The number of nitrogens with zero attached hydrogens (tertiary/aromatic N) is 2. The molecule has 3 rings (SSSR count). The number of thiazole rings is 1. The average molecular weight is 345 g/mol. The van der Waals surface area contributed by atoms with Gasteiger partial charge in [0, 0.05) is 25.2 Å². The summed E-state index contributed by atoms with van der Waals surface area (Å²) in [5, 5.41) is 5.45. The first kappa shape index (κ1) is 16.6. The molecule has 1 aromatic carbocycles. The van der Waals surface area contributed by atoms with Crippen LogP contribution in [0.25, 0.3) is 0 Å². The summed E-state index contributed by atoms with van der Waals surface area (Å²) < 4.78 is 5.02. The molecule has 6 nitrogen and oxygen atoms in total. The summed E-state index contributed by atoms with van der Waals surface area (Å²) in [6, 6.07) is 5.68. The Kier molecular flexibility index (Phi) is 4.64. The van der Waals surface area contributed by atoms with Crippen LogP contribution in [0.2, 0.25) is 0 Å². The summed E-state index contributed by atoms with van der Waals surface area (Å²) in [5.41, 5.74) is 3.30. The number of likely N-dealkylation sites (N-methyl/N-ethyl adjacent to an activating group) is 1. The third-order valence-corrected chi connectivity index (χ3v) is 4.90. The zero-order valence-corrected chi connectivity index (χ0v) is 14.6. The number of fused-ring (bicyclic) bond motifs is 1. The quantitative estimate of drug-likeness (QED) is 0.903. The van der Waals surface area contributed by atoms with E-state index in [1.54, 1.807) is 24.4 Å². The van der Waals surface area contributed by atoms with E-state index in [1.165, 1.54) is 11.3 Å². The molecular weight excluding hydrogens is 326 g/mol. The topological polar surface area (TPSA) is 71.5 Å². The molecule has 1 aliphatic rings. The number of ether oxygens (including phenoxy) is 1. The lowest BCUT2D eigenvalue weighted by atomic mass is 10.0. The van der Waals surface area contributed by atoms with Gasteiger partial charge in [-0.1, -0.05) is 12.1 Å². The molecule has 126 valence electrons. The maximum absolute atomic E-state index is 12.3. The van der Waals surface area contributed by atoms with Gasteiger partial charge in [0.2, 0.25) is 5.91 Å². The van der Waals surface area contributed by atoms with Crippen LogP contribution in [0.4, 0.5) is 5.69 Å². The van der Waals surface area contributed by atoms with Gasteiger partial charge in [-0.15, -0.1) is 11.3 Å². The van der Waals surface area contributed by atoms with Gasteiger partial charge in [-0.05, 0) is 24.1 Å². The van der Waals surface area contributed by atoms with Crippen LogP contribution in [0.1, 0.15) is 39.6 Å². The fourth-order valence-corrected chi connectivity index (χ4v) is 3.46. The molecule has 2 aromatic rings. The van der Waals surface area contributed by atoms with Crippen molar-refractivity contribution in [1.29, 1.82) is 0 Å². The Hall–Kier alpha value is -2.25. The van der Waals surface area contributed by atoms with E-state index in [4.69, 9.17) is 4.74 Å². The van der Waals surface area contributed by atoms with Gasteiger partial charge in [-0.3, -0.25) is 9.59 Å². The Morgan fingerprint density at radius 1 is 1.50 bits per heavy atom. The normalized spacial score (nSPS) is 14.6. The van der Waals surface area contributed by atoms with Crippen LogP contribution < -0.4 is 10.2 Å². The summed E-state index contributed by atoms with van der Waals surface area (Å²) in [6.07, 6.45) is 0.410. The number of rotatable bonds is 5. The molecule has 0 saturated heterocycles. The lowest BCUT2D eigenvalue weighted by Gasteiger charge is -2.16. The molecule has 0 aliphatic carbocycles. The monoisotopic (exact) mass is 345 g/mol. The Bertz CT molecular complexity index is 787. The third kappa shape index (κ3) is 3.18. The lowest BCUT2D eigenvalue weighted by molar-refractivity contribution is -0.117. The Morgan fingerprint density at radius 2 is 2.29 bits per heavy atom. The fraction of sp³-hybridized carbons (Fsp3) is 0.353. The molecule has 0 fully saturated rings. The molecule has 7 heteroatoms. The maximum atomic E-state index is 12.3. The predicted octanol–water partition coefficient (Wildman–Crippen LogP) is 2.30. The molecule has 1 atom stereocenters. The van der Waals surface area contributed by atoms with Crippen molar-refractivity contribution in [3.8, 4) is 0 Å². The van der Waals surface area contributed by atoms with E-state index in [0.717, 1.165) is 21.8 Å². The second-order valence-electron chi connectivity index (χ2n) is 5.77. The number of carbonyl (C=O) groups excluding carboxylic acids is 2. The highest BCUT2D eigenvalue weighted by Crippen LogP contribution is 2.30. The van der Waals surface area contributed by atoms with Gasteiger partial charge in [0.25, 0.3) is 5.91 Å². The molecule has 1 unspecified atom stereocenters. The van der Waals surface area contributed by atoms with Crippen molar-refractivity contribution in [3.05, 3.63) is 45.4 Å². The molecular formula is C17H19N3O3S. The van der Waals surface area contributed by atoms with Gasteiger partial charge in [0.1, 0.15) is 10.7 Å². The first-order chi connectivity index (χ1) is 11.5. The number of aromatic nitrogens is 1. The third-order valence-electron chi connectivity index (χ3n) is 4.08. The number of methoxy groups -OCH3 is 1. The summed E-state index contributed by atoms with van der Waals surface area (Å²) in [7, 11) is 3.37. The van der Waals surface area contributed by atoms with Gasteiger partial charge in [-0.25, -0.2) is 4.98 Å². The SMILES string of the molecule is COCc1nc(C(=O)NC(C)c2ccc3c(c2)CC(=O)N3C)cs1. The minimum atomic E-state index is -0.213. The first-order valence-electron chi connectivity index (χ1n) is 7.63. The number of hydrogen-bond donors (Lipinski definition) is 1. The van der Waals surface area contributed by atoms with Crippen molar-refractivity contribution in [2.45, 2.75) is 26.0 Å². The van der Waals surface area contributed by atoms with Gasteiger partial charge < -0.3 is 15.0 Å². The van der Waals surface area contributed by atoms with E-state index >= 15 is 0 Å². The standard InChI is InChI=1S/C17H19N3O3S/c1-10(18-17(22)13-9-24-15(19-13)8-23-3)11-4-5-14-12(6-11)7-16(21)20(14)2/h4-6,9-10H,7-8H2,1-3H3,(H,18,22). The molecule has 24 heavy (non-hydrogen) atoms. The number of hydrogen-bond acceptors (Lipinski definition) is 5. The van der Waals surface area contributed by atoms with Gasteiger partial charge >= 0.3 is 0 Å². The number of nitrogens with one attached hydrogen (secondary N) is 1. The molecule has 2 amide bonds. The van der Waals surface area contributed by atoms with E-state index in [1.807, 2.05) is 25.1 Å². The van der Waals surface area contributed by atoms with Crippen molar-refractivity contribution in [1.82, 2.24) is 10.3 Å². The maximum Gasteiger partial charge on any atom is 0.271 e. The molecule has 0 saturated carbocycles. The van der Waals surface area contributed by atoms with E-state index in [2.05, 4.69) is 10.3 Å². The van der Waals surface area contributed by atoms with Crippen LogP contribution in [0.5, 0.6) is 0 Å². The van der Waals surface area contributed by atoms with Crippen LogP contribution in [0.15, 0.2) is 23.6 Å². The summed E-state index contributed by atoms with van der Waals surface area (Å²) in [5.74, 6) is -0.123. The number of carbonyl (C=O) groups is 2. The van der Waals surface area contributed by atoms with E-state index < -0.39 is 0 Å². The summed E-state index contributed by atoms with van der Waals surface area (Å²) >= 11 is 1.40. The molecule has 1 N–H and O–H groups in total. The van der Waals surface area contributed by atoms with Crippen LogP contribution in [-0.2, 0) is 22.6 Å². The van der Waals surface area contributed by atoms with Crippen molar-refractivity contribution in [3.63, 3.8) is 0 Å². The molecule has 0 spiro atoms. The smallest absolute Gasteiger partial charge is 0.271 e. The van der Waals surface area contributed by atoms with Gasteiger partial charge in [0.05, 0.1) is 19.1 Å². The zero-order chi connectivity index (χ0) is 17.3. The van der Waals surface area contributed by atoms with Crippen molar-refractivity contribution >= 4 is 28.8 Å². The van der Waals surface area contributed by atoms with Crippen molar-refractivity contribution in [2.24, 2.45) is 0 Å². The minimum absolute atomic E-state index is 0.0898. The summed E-state index contributed by atoms with van der Waals surface area (Å²) in [4.78, 5) is 30.0. The van der Waals surface area contributed by atoms with E-state index in [-0.39, 0.29) is 17.9 Å². The first-order valence-corrected chi connectivity index (χ1v) is 8.51. The zero-order valence-electron chi connectivity index (χ0n) is 13.8. The average Bonchev–Trinajstić information content (AvgIpc) is 3.13. The molecule has 2 heterocycles. The van der Waals surface area contributed by atoms with Crippen molar-refractivity contribution in [2.75, 3.05) is 19.1 Å². The highest BCUT2D eigenvalue weighted by Gasteiger charge is 2.25.